The number of aromatic nitrogens is 4. The predicted molar refractivity (Wildman–Crippen MR) is 91.9 cm³/mol. The fourth-order valence-corrected chi connectivity index (χ4v) is 2.98. The molecule has 4 rings (SSSR count). The van der Waals surface area contributed by atoms with E-state index in [9.17, 15) is 4.79 Å². The van der Waals surface area contributed by atoms with Crippen LogP contribution in [0.2, 0.25) is 0 Å². The van der Waals surface area contributed by atoms with Crippen LogP contribution in [0.5, 0.6) is 5.75 Å². The van der Waals surface area contributed by atoms with Gasteiger partial charge < -0.3 is 10.1 Å². The number of hydrogen-bond donors (Lipinski definition) is 1. The lowest BCUT2D eigenvalue weighted by atomic mass is 10.0. The zero-order chi connectivity index (χ0) is 17.4. The number of nitrogens with one attached hydrogen (secondary N) is 1. The Labute approximate surface area is 144 Å². The summed E-state index contributed by atoms with van der Waals surface area (Å²) in [6, 6.07) is 13.3. The number of carbonyl (C=O) groups excluding carboxylic acids is 1. The highest BCUT2D eigenvalue weighted by molar-refractivity contribution is 5.97. The standard InChI is InChI=1S/C18H17N5O2/c1-11-7-8-13(9-16(11)23-12(2)20-21-22-23)19-18(24)15-10-25-17-6-4-3-5-14(15)17/h3-9,15H,10H2,1-2H3,(H,19,24)/t15-/m0/s1. The van der Waals surface area contributed by atoms with Crippen molar-refractivity contribution in [3.63, 3.8) is 0 Å². The summed E-state index contributed by atoms with van der Waals surface area (Å²) in [5.74, 6) is 1.06. The van der Waals surface area contributed by atoms with Gasteiger partial charge in [-0.1, -0.05) is 24.3 Å². The third kappa shape index (κ3) is 2.73. The summed E-state index contributed by atoms with van der Waals surface area (Å²) in [4.78, 5) is 12.7. The maximum atomic E-state index is 12.7. The molecule has 1 N–H and O–H groups in total. The van der Waals surface area contributed by atoms with Crippen molar-refractivity contribution >= 4 is 11.6 Å². The molecule has 25 heavy (non-hydrogen) atoms. The van der Waals surface area contributed by atoms with Crippen LogP contribution in [0.1, 0.15) is 22.9 Å². The average molecular weight is 335 g/mol. The van der Waals surface area contributed by atoms with Crippen molar-refractivity contribution < 1.29 is 9.53 Å². The van der Waals surface area contributed by atoms with Crippen LogP contribution in [0.15, 0.2) is 42.5 Å². The van der Waals surface area contributed by atoms with Gasteiger partial charge in [0, 0.05) is 11.3 Å². The molecule has 2 aromatic carbocycles. The predicted octanol–water partition coefficient (Wildman–Crippen LogP) is 2.39. The van der Waals surface area contributed by atoms with Gasteiger partial charge in [-0.15, -0.1) is 5.10 Å². The second kappa shape index (κ2) is 6.01. The molecule has 0 saturated heterocycles. The second-order valence-electron chi connectivity index (χ2n) is 6.03. The van der Waals surface area contributed by atoms with Gasteiger partial charge in [-0.3, -0.25) is 4.79 Å². The number of tetrazole rings is 1. The average Bonchev–Trinajstić information content (AvgIpc) is 3.23. The van der Waals surface area contributed by atoms with Crippen LogP contribution in [0.4, 0.5) is 5.69 Å². The van der Waals surface area contributed by atoms with Gasteiger partial charge in [-0.05, 0) is 48.0 Å². The van der Waals surface area contributed by atoms with Crippen LogP contribution >= 0.6 is 0 Å². The van der Waals surface area contributed by atoms with Gasteiger partial charge in [0.1, 0.15) is 18.3 Å². The van der Waals surface area contributed by atoms with E-state index in [1.807, 2.05) is 56.3 Å². The molecule has 1 amide bonds. The molecule has 1 aliphatic heterocycles. The molecule has 7 heteroatoms. The quantitative estimate of drug-likeness (QED) is 0.795. The summed E-state index contributed by atoms with van der Waals surface area (Å²) in [6.45, 7) is 4.16. The first-order valence-corrected chi connectivity index (χ1v) is 8.02. The Kier molecular flexibility index (Phi) is 3.68. The van der Waals surface area contributed by atoms with Crippen LogP contribution in [0.25, 0.3) is 5.69 Å². The fourth-order valence-electron chi connectivity index (χ4n) is 2.98. The van der Waals surface area contributed by atoms with Gasteiger partial charge >= 0.3 is 0 Å². The third-order valence-corrected chi connectivity index (χ3v) is 4.35. The number of aryl methyl sites for hydroxylation is 2. The van der Waals surface area contributed by atoms with E-state index >= 15 is 0 Å². The molecule has 1 aliphatic rings. The van der Waals surface area contributed by atoms with Crippen molar-refractivity contribution in [3.8, 4) is 11.4 Å². The van der Waals surface area contributed by atoms with E-state index in [-0.39, 0.29) is 11.8 Å². The number of amides is 1. The molecule has 1 atom stereocenters. The Morgan fingerprint density at radius 3 is 2.88 bits per heavy atom. The number of fused-ring (bicyclic) bond motifs is 1. The smallest absolute Gasteiger partial charge is 0.235 e. The second-order valence-corrected chi connectivity index (χ2v) is 6.03. The number of rotatable bonds is 3. The van der Waals surface area contributed by atoms with E-state index in [4.69, 9.17) is 4.74 Å². The Hall–Kier alpha value is -3.22. The number of anilines is 1. The van der Waals surface area contributed by atoms with Gasteiger partial charge in [0.05, 0.1) is 5.69 Å². The van der Waals surface area contributed by atoms with Crippen molar-refractivity contribution in [1.82, 2.24) is 20.2 Å². The Bertz CT molecular complexity index is 950. The van der Waals surface area contributed by atoms with Crippen LogP contribution in [-0.2, 0) is 4.79 Å². The summed E-state index contributed by atoms with van der Waals surface area (Å²) in [6.07, 6.45) is 0. The minimum atomic E-state index is -0.310. The highest BCUT2D eigenvalue weighted by atomic mass is 16.5. The Balaban J connectivity index is 1.60. The third-order valence-electron chi connectivity index (χ3n) is 4.35. The van der Waals surface area contributed by atoms with Crippen molar-refractivity contribution in [2.45, 2.75) is 19.8 Å². The molecular weight excluding hydrogens is 318 g/mol. The molecule has 0 saturated carbocycles. The van der Waals surface area contributed by atoms with E-state index in [0.717, 1.165) is 22.6 Å². The Morgan fingerprint density at radius 2 is 2.08 bits per heavy atom. The summed E-state index contributed by atoms with van der Waals surface area (Å²) >= 11 is 0. The van der Waals surface area contributed by atoms with E-state index < -0.39 is 0 Å². The fraction of sp³-hybridized carbons (Fsp3) is 0.222. The maximum Gasteiger partial charge on any atom is 0.235 e. The number of ether oxygens (including phenoxy) is 1. The highest BCUT2D eigenvalue weighted by Gasteiger charge is 2.30. The summed E-state index contributed by atoms with van der Waals surface area (Å²) < 4.78 is 7.25. The summed E-state index contributed by atoms with van der Waals surface area (Å²) in [5, 5.41) is 14.6. The lowest BCUT2D eigenvalue weighted by Gasteiger charge is -2.13. The van der Waals surface area contributed by atoms with Gasteiger partial charge in [-0.25, -0.2) is 0 Å². The van der Waals surface area contributed by atoms with Crippen molar-refractivity contribution in [3.05, 3.63) is 59.4 Å². The molecule has 0 unspecified atom stereocenters. The number of benzene rings is 2. The normalized spacial score (nSPS) is 15.5. The molecule has 0 spiro atoms. The Morgan fingerprint density at radius 1 is 1.24 bits per heavy atom. The van der Waals surface area contributed by atoms with Crippen LogP contribution in [0.3, 0.4) is 0 Å². The first-order valence-electron chi connectivity index (χ1n) is 8.02. The molecule has 126 valence electrons. The maximum absolute atomic E-state index is 12.7. The first kappa shape index (κ1) is 15.3. The topological polar surface area (TPSA) is 81.9 Å². The highest BCUT2D eigenvalue weighted by Crippen LogP contribution is 2.34. The summed E-state index contributed by atoms with van der Waals surface area (Å²) in [7, 11) is 0. The largest absolute Gasteiger partial charge is 0.492 e. The number of nitrogens with zero attached hydrogens (tertiary/aromatic N) is 4. The van der Waals surface area contributed by atoms with Gasteiger partial charge in [0.25, 0.3) is 0 Å². The first-order chi connectivity index (χ1) is 12.1. The van der Waals surface area contributed by atoms with Crippen LogP contribution in [-0.4, -0.2) is 32.7 Å². The zero-order valence-corrected chi connectivity index (χ0v) is 13.9. The lowest BCUT2D eigenvalue weighted by Crippen LogP contribution is -2.22. The van der Waals surface area contributed by atoms with Crippen molar-refractivity contribution in [2.24, 2.45) is 0 Å². The van der Waals surface area contributed by atoms with Crippen LogP contribution < -0.4 is 10.1 Å². The molecule has 7 nitrogen and oxygen atoms in total. The van der Waals surface area contributed by atoms with E-state index in [0.29, 0.717) is 18.1 Å². The monoisotopic (exact) mass is 335 g/mol. The van der Waals surface area contributed by atoms with Crippen molar-refractivity contribution in [2.75, 3.05) is 11.9 Å². The van der Waals surface area contributed by atoms with E-state index in [1.165, 1.54) is 0 Å². The van der Waals surface area contributed by atoms with Gasteiger partial charge in [0.2, 0.25) is 5.91 Å². The van der Waals surface area contributed by atoms with E-state index in [2.05, 4.69) is 20.8 Å². The molecule has 1 aromatic heterocycles. The summed E-state index contributed by atoms with van der Waals surface area (Å²) in [5.41, 5.74) is 3.47. The number of hydrogen-bond acceptors (Lipinski definition) is 5. The minimum absolute atomic E-state index is 0.0896. The molecule has 0 radical (unpaired) electrons. The molecule has 0 bridgehead atoms. The van der Waals surface area contributed by atoms with Crippen molar-refractivity contribution in [1.29, 1.82) is 0 Å². The van der Waals surface area contributed by atoms with E-state index in [1.54, 1.807) is 4.68 Å². The molecular formula is C18H17N5O2. The minimum Gasteiger partial charge on any atom is -0.492 e. The number of carbonyl (C=O) groups is 1. The molecule has 0 fully saturated rings. The number of para-hydroxylation sites is 1. The van der Waals surface area contributed by atoms with Gasteiger partial charge in [0.15, 0.2) is 5.82 Å². The SMILES string of the molecule is Cc1ccc(NC(=O)[C@H]2COc3ccccc32)cc1-n1nnnc1C. The molecule has 0 aliphatic carbocycles. The van der Waals surface area contributed by atoms with Gasteiger partial charge in [-0.2, -0.15) is 4.68 Å². The molecule has 2 heterocycles. The zero-order valence-electron chi connectivity index (χ0n) is 13.9. The lowest BCUT2D eigenvalue weighted by molar-refractivity contribution is -0.117. The van der Waals surface area contributed by atoms with Crippen LogP contribution in [0, 0.1) is 13.8 Å². The molecule has 3 aromatic rings.